The summed E-state index contributed by atoms with van der Waals surface area (Å²) in [5.41, 5.74) is 2.10. The molecule has 3 aromatic rings. The van der Waals surface area contributed by atoms with E-state index in [-0.39, 0.29) is 28.7 Å². The SMILES string of the molecule is CC(C)N(c1cc(-c2ccc(NC(=O)c3ccc(F)cc3)cc2)sc1C(=O)O)C(=O)[C@H]1CC[C@H](C)CC1. The van der Waals surface area contributed by atoms with E-state index in [1.165, 1.54) is 24.3 Å². The number of nitrogens with one attached hydrogen (secondary N) is 1. The third-order valence-corrected chi connectivity index (χ3v) is 7.98. The van der Waals surface area contributed by atoms with Crippen molar-refractivity contribution in [1.82, 2.24) is 0 Å². The van der Waals surface area contributed by atoms with Crippen LogP contribution >= 0.6 is 11.3 Å². The monoisotopic (exact) mass is 522 g/mol. The number of rotatable bonds is 7. The highest BCUT2D eigenvalue weighted by atomic mass is 32.1. The predicted molar refractivity (Wildman–Crippen MR) is 145 cm³/mol. The van der Waals surface area contributed by atoms with Gasteiger partial charge in [-0.1, -0.05) is 19.1 Å². The van der Waals surface area contributed by atoms with E-state index >= 15 is 0 Å². The number of carboxylic acids is 1. The first-order chi connectivity index (χ1) is 17.6. The van der Waals surface area contributed by atoms with Gasteiger partial charge >= 0.3 is 5.97 Å². The van der Waals surface area contributed by atoms with E-state index in [0.717, 1.165) is 47.5 Å². The summed E-state index contributed by atoms with van der Waals surface area (Å²) < 4.78 is 13.1. The molecule has 0 unspecified atom stereocenters. The number of nitrogens with zero attached hydrogens (tertiary/aromatic N) is 1. The average Bonchev–Trinajstić information content (AvgIpc) is 3.30. The Labute approximate surface area is 220 Å². The zero-order chi connectivity index (χ0) is 26.7. The molecule has 8 heteroatoms. The van der Waals surface area contributed by atoms with Crippen LogP contribution in [0.25, 0.3) is 10.4 Å². The lowest BCUT2D eigenvalue weighted by Gasteiger charge is -2.33. The third-order valence-electron chi connectivity index (χ3n) is 6.82. The minimum absolute atomic E-state index is 0.00685. The largest absolute Gasteiger partial charge is 0.477 e. The molecular formula is C29H31FN2O4S. The standard InChI is InChI=1S/C29H31FN2O4S/c1-17(2)32(28(34)21-6-4-18(3)5-7-21)24-16-25(37-26(24)29(35)36)19-10-14-23(15-11-19)31-27(33)20-8-12-22(30)13-9-20/h8-18,21H,4-7H2,1-3H3,(H,31,33)(H,35,36)/t18-,21-. The smallest absolute Gasteiger partial charge is 0.348 e. The number of carboxylic acid groups (broad SMARTS) is 1. The number of hydrogen-bond acceptors (Lipinski definition) is 4. The Morgan fingerprint density at radius 3 is 2.19 bits per heavy atom. The summed E-state index contributed by atoms with van der Waals surface area (Å²) in [7, 11) is 0. The summed E-state index contributed by atoms with van der Waals surface area (Å²) in [6.45, 7) is 6.02. The summed E-state index contributed by atoms with van der Waals surface area (Å²) in [5.74, 6) is -1.32. The van der Waals surface area contributed by atoms with Crippen molar-refractivity contribution in [2.24, 2.45) is 11.8 Å². The Morgan fingerprint density at radius 1 is 1.00 bits per heavy atom. The first kappa shape index (κ1) is 26.5. The first-order valence-corrected chi connectivity index (χ1v) is 13.3. The molecule has 1 aromatic heterocycles. The molecule has 37 heavy (non-hydrogen) atoms. The number of thiophene rings is 1. The zero-order valence-electron chi connectivity index (χ0n) is 21.2. The Kier molecular flexibility index (Phi) is 8.07. The van der Waals surface area contributed by atoms with Crippen LogP contribution < -0.4 is 10.2 Å². The van der Waals surface area contributed by atoms with Crippen LogP contribution in [0.3, 0.4) is 0 Å². The van der Waals surface area contributed by atoms with E-state index in [9.17, 15) is 23.9 Å². The van der Waals surface area contributed by atoms with Gasteiger partial charge in [0.25, 0.3) is 5.91 Å². The number of benzene rings is 2. The minimum atomic E-state index is -1.06. The molecule has 0 aliphatic heterocycles. The van der Waals surface area contributed by atoms with Gasteiger partial charge in [-0.25, -0.2) is 9.18 Å². The molecule has 2 aromatic carbocycles. The molecule has 1 fully saturated rings. The van der Waals surface area contributed by atoms with Gasteiger partial charge in [-0.3, -0.25) is 9.59 Å². The van der Waals surface area contributed by atoms with Gasteiger partial charge in [0.2, 0.25) is 5.91 Å². The van der Waals surface area contributed by atoms with Crippen molar-refractivity contribution in [2.75, 3.05) is 10.2 Å². The first-order valence-electron chi connectivity index (χ1n) is 12.5. The van der Waals surface area contributed by atoms with Gasteiger partial charge in [-0.05, 0) is 93.5 Å². The molecule has 0 spiro atoms. The highest BCUT2D eigenvalue weighted by Crippen LogP contribution is 2.40. The number of hydrogen-bond donors (Lipinski definition) is 2. The van der Waals surface area contributed by atoms with E-state index in [2.05, 4.69) is 12.2 Å². The molecule has 194 valence electrons. The van der Waals surface area contributed by atoms with Crippen molar-refractivity contribution in [3.8, 4) is 10.4 Å². The van der Waals surface area contributed by atoms with Gasteiger partial charge in [0.15, 0.2) is 0 Å². The van der Waals surface area contributed by atoms with Gasteiger partial charge in [0.1, 0.15) is 10.7 Å². The molecule has 1 saturated carbocycles. The Bertz CT molecular complexity index is 1280. The summed E-state index contributed by atoms with van der Waals surface area (Å²) in [5, 5.41) is 12.7. The molecule has 2 amide bonds. The molecule has 0 atom stereocenters. The van der Waals surface area contributed by atoms with Crippen LogP contribution in [0.1, 0.15) is 66.5 Å². The lowest BCUT2D eigenvalue weighted by Crippen LogP contribution is -2.42. The van der Waals surface area contributed by atoms with Crippen molar-refractivity contribution in [3.63, 3.8) is 0 Å². The van der Waals surface area contributed by atoms with Crippen LogP contribution in [0.15, 0.2) is 54.6 Å². The zero-order valence-corrected chi connectivity index (χ0v) is 22.0. The molecule has 0 saturated heterocycles. The van der Waals surface area contributed by atoms with Crippen LogP contribution in [0.4, 0.5) is 15.8 Å². The molecule has 1 heterocycles. The highest BCUT2D eigenvalue weighted by Gasteiger charge is 2.33. The van der Waals surface area contributed by atoms with E-state index in [4.69, 9.17) is 0 Å². The maximum atomic E-state index is 13.5. The van der Waals surface area contributed by atoms with E-state index in [1.54, 1.807) is 35.2 Å². The number of amides is 2. The Hall–Kier alpha value is -3.52. The molecule has 1 aliphatic carbocycles. The summed E-state index contributed by atoms with van der Waals surface area (Å²) >= 11 is 1.13. The van der Waals surface area contributed by atoms with Crippen LogP contribution in [0.5, 0.6) is 0 Å². The molecule has 2 N–H and O–H groups in total. The van der Waals surface area contributed by atoms with Crippen molar-refractivity contribution < 1.29 is 23.9 Å². The lowest BCUT2D eigenvalue weighted by atomic mass is 9.82. The number of carbonyl (C=O) groups excluding carboxylic acids is 2. The second-order valence-corrected chi connectivity index (χ2v) is 11.0. The van der Waals surface area contributed by atoms with E-state index < -0.39 is 11.8 Å². The summed E-state index contributed by atoms with van der Waals surface area (Å²) in [4.78, 5) is 40.6. The van der Waals surface area contributed by atoms with E-state index in [1.807, 2.05) is 13.8 Å². The van der Waals surface area contributed by atoms with Crippen molar-refractivity contribution in [2.45, 2.75) is 52.5 Å². The van der Waals surface area contributed by atoms with Crippen molar-refractivity contribution >= 4 is 40.5 Å². The molecule has 1 aliphatic rings. The van der Waals surface area contributed by atoms with Gasteiger partial charge in [0.05, 0.1) is 5.69 Å². The summed E-state index contributed by atoms with van der Waals surface area (Å²) in [6.07, 6.45) is 3.67. The number of aromatic carboxylic acids is 1. The lowest BCUT2D eigenvalue weighted by molar-refractivity contribution is -0.123. The average molecular weight is 523 g/mol. The number of anilines is 2. The molecule has 0 radical (unpaired) electrons. The normalized spacial score (nSPS) is 17.4. The highest BCUT2D eigenvalue weighted by molar-refractivity contribution is 7.18. The topological polar surface area (TPSA) is 86.7 Å². The second-order valence-electron chi connectivity index (χ2n) is 9.93. The Balaban J connectivity index is 1.57. The van der Waals surface area contributed by atoms with Crippen LogP contribution in [-0.4, -0.2) is 28.9 Å². The van der Waals surface area contributed by atoms with Gasteiger partial charge < -0.3 is 15.3 Å². The van der Waals surface area contributed by atoms with Crippen LogP contribution in [0, 0.1) is 17.7 Å². The molecule has 6 nitrogen and oxygen atoms in total. The molecule has 0 bridgehead atoms. The summed E-state index contributed by atoms with van der Waals surface area (Å²) in [6, 6.07) is 13.9. The van der Waals surface area contributed by atoms with Crippen LogP contribution in [-0.2, 0) is 4.79 Å². The van der Waals surface area contributed by atoms with Crippen molar-refractivity contribution in [3.05, 3.63) is 70.9 Å². The van der Waals surface area contributed by atoms with Crippen molar-refractivity contribution in [1.29, 1.82) is 0 Å². The number of carbonyl (C=O) groups is 3. The molecular weight excluding hydrogens is 491 g/mol. The second kappa shape index (κ2) is 11.3. The quantitative estimate of drug-likeness (QED) is 0.347. The predicted octanol–water partition coefficient (Wildman–Crippen LogP) is 7.07. The maximum Gasteiger partial charge on any atom is 0.348 e. The maximum absolute atomic E-state index is 13.5. The Morgan fingerprint density at radius 2 is 1.62 bits per heavy atom. The van der Waals surface area contributed by atoms with Crippen LogP contribution in [0.2, 0.25) is 0 Å². The minimum Gasteiger partial charge on any atom is -0.477 e. The number of halogens is 1. The molecule has 4 rings (SSSR count). The van der Waals surface area contributed by atoms with Gasteiger partial charge in [0, 0.05) is 28.1 Å². The van der Waals surface area contributed by atoms with Gasteiger partial charge in [-0.15, -0.1) is 11.3 Å². The fraction of sp³-hybridized carbons (Fsp3) is 0.345. The fourth-order valence-electron chi connectivity index (χ4n) is 4.73. The third kappa shape index (κ3) is 6.07. The van der Waals surface area contributed by atoms with Gasteiger partial charge in [-0.2, -0.15) is 0 Å². The van der Waals surface area contributed by atoms with E-state index in [0.29, 0.717) is 22.9 Å². The fourth-order valence-corrected chi connectivity index (χ4v) is 5.73.